The van der Waals surface area contributed by atoms with Gasteiger partial charge in [0, 0.05) is 37.8 Å². The van der Waals surface area contributed by atoms with Gasteiger partial charge >= 0.3 is 0 Å². The van der Waals surface area contributed by atoms with Gasteiger partial charge in [0.05, 0.1) is 12.2 Å². The van der Waals surface area contributed by atoms with Crippen molar-refractivity contribution in [3.63, 3.8) is 0 Å². The van der Waals surface area contributed by atoms with Gasteiger partial charge < -0.3 is 21.3 Å². The highest BCUT2D eigenvalue weighted by Gasteiger charge is 2.25. The Morgan fingerprint density at radius 3 is 2.77 bits per heavy atom. The van der Waals surface area contributed by atoms with E-state index >= 15 is 0 Å². The smallest absolute Gasteiger partial charge is 0.230 e. The van der Waals surface area contributed by atoms with Crippen LogP contribution in [0.2, 0.25) is 0 Å². The summed E-state index contributed by atoms with van der Waals surface area (Å²) in [4.78, 5) is 12.1. The van der Waals surface area contributed by atoms with Gasteiger partial charge in [-0.1, -0.05) is 38.1 Å². The van der Waals surface area contributed by atoms with E-state index in [-0.39, 0.29) is 12.1 Å². The molecule has 0 bridgehead atoms. The second kappa shape index (κ2) is 7.85. The normalized spacial score (nSPS) is 20.0. The molecule has 0 aliphatic carbocycles. The molecule has 1 saturated heterocycles. The molecule has 0 saturated carbocycles. The van der Waals surface area contributed by atoms with E-state index in [0.29, 0.717) is 5.92 Å². The lowest BCUT2D eigenvalue weighted by Gasteiger charge is -2.31. The lowest BCUT2D eigenvalue weighted by molar-refractivity contribution is 0.495. The first kappa shape index (κ1) is 19.3. The summed E-state index contributed by atoms with van der Waals surface area (Å²) in [7, 11) is 0. The van der Waals surface area contributed by atoms with E-state index in [1.54, 1.807) is 0 Å². The summed E-state index contributed by atoms with van der Waals surface area (Å²) < 4.78 is 1.85. The van der Waals surface area contributed by atoms with Crippen molar-refractivity contribution in [3.8, 4) is 0 Å². The maximum atomic E-state index is 6.11. The van der Waals surface area contributed by atoms with Gasteiger partial charge in [-0.3, -0.25) is 0 Å². The third-order valence-electron chi connectivity index (χ3n) is 6.23. The zero-order valence-corrected chi connectivity index (χ0v) is 17.7. The molecule has 2 aromatic heterocycles. The van der Waals surface area contributed by atoms with E-state index in [2.05, 4.69) is 58.7 Å². The number of hydrogen-bond acceptors (Lipinski definition) is 7. The van der Waals surface area contributed by atoms with Gasteiger partial charge in [-0.2, -0.15) is 19.6 Å². The molecule has 158 valence electrons. The number of hydrogen-bond donors (Lipinski definition) is 3. The Hall–Kier alpha value is -2.71. The molecule has 1 fully saturated rings. The number of aromatic nitrogens is 4. The van der Waals surface area contributed by atoms with Crippen LogP contribution < -0.4 is 21.3 Å². The number of nitrogens with two attached hydrogens (primary N) is 1. The predicted octanol–water partition coefficient (Wildman–Crippen LogP) is 2.43. The van der Waals surface area contributed by atoms with Gasteiger partial charge in [-0.25, -0.2) is 0 Å². The second-order valence-electron chi connectivity index (χ2n) is 8.69. The molecule has 8 heteroatoms. The Labute approximate surface area is 176 Å². The largest absolute Gasteiger partial charge is 0.346 e. The number of anilines is 2. The monoisotopic (exact) mass is 406 g/mol. The van der Waals surface area contributed by atoms with Crippen molar-refractivity contribution in [2.45, 2.75) is 51.2 Å². The minimum Gasteiger partial charge on any atom is -0.346 e. The summed E-state index contributed by atoms with van der Waals surface area (Å²) in [5, 5.41) is 11.8. The molecule has 30 heavy (non-hydrogen) atoms. The number of rotatable bonds is 4. The van der Waals surface area contributed by atoms with Crippen molar-refractivity contribution in [1.29, 1.82) is 0 Å². The number of benzene rings is 1. The summed E-state index contributed by atoms with van der Waals surface area (Å²) in [6, 6.07) is 8.96. The van der Waals surface area contributed by atoms with Crippen molar-refractivity contribution >= 4 is 17.5 Å². The van der Waals surface area contributed by atoms with E-state index in [0.717, 1.165) is 62.1 Å². The summed E-state index contributed by atoms with van der Waals surface area (Å²) in [5.74, 6) is 1.83. The number of fused-ring (bicyclic) bond motifs is 2. The summed E-state index contributed by atoms with van der Waals surface area (Å²) in [6.45, 7) is 7.85. The quantitative estimate of drug-likeness (QED) is 0.612. The van der Waals surface area contributed by atoms with Gasteiger partial charge in [0.2, 0.25) is 11.9 Å². The maximum absolute atomic E-state index is 6.11. The lowest BCUT2D eigenvalue weighted by Crippen LogP contribution is -2.40. The van der Waals surface area contributed by atoms with Gasteiger partial charge in [-0.15, -0.1) is 0 Å². The van der Waals surface area contributed by atoms with Crippen LogP contribution >= 0.6 is 0 Å². The third kappa shape index (κ3) is 3.50. The van der Waals surface area contributed by atoms with Crippen LogP contribution in [0.1, 0.15) is 55.3 Å². The van der Waals surface area contributed by atoms with Crippen molar-refractivity contribution in [1.82, 2.24) is 24.9 Å². The number of nitrogens with one attached hydrogen (secondary N) is 2. The predicted molar refractivity (Wildman–Crippen MR) is 119 cm³/mol. The van der Waals surface area contributed by atoms with E-state index in [4.69, 9.17) is 15.7 Å². The Balaban J connectivity index is 1.55. The molecule has 4 N–H and O–H groups in total. The van der Waals surface area contributed by atoms with Crippen molar-refractivity contribution < 1.29 is 0 Å². The van der Waals surface area contributed by atoms with Crippen LogP contribution in [-0.4, -0.2) is 45.3 Å². The fraction of sp³-hybridized carbons (Fsp3) is 0.500. The number of piperidine rings is 1. The zero-order valence-electron chi connectivity index (χ0n) is 17.7. The molecular weight excluding hydrogens is 376 g/mol. The first-order chi connectivity index (χ1) is 14.6. The third-order valence-corrected chi connectivity index (χ3v) is 6.23. The molecule has 4 heterocycles. The first-order valence-electron chi connectivity index (χ1n) is 10.9. The minimum absolute atomic E-state index is 0.127. The van der Waals surface area contributed by atoms with Gasteiger partial charge in [0.15, 0.2) is 5.65 Å². The Morgan fingerprint density at radius 1 is 1.17 bits per heavy atom. The number of nitrogens with zero attached hydrogens (tertiary/aromatic N) is 5. The fourth-order valence-electron chi connectivity index (χ4n) is 4.41. The van der Waals surface area contributed by atoms with E-state index in [1.807, 2.05) is 10.7 Å². The average molecular weight is 407 g/mol. The Kier molecular flexibility index (Phi) is 5.04. The van der Waals surface area contributed by atoms with Crippen LogP contribution in [0.15, 0.2) is 30.5 Å². The van der Waals surface area contributed by atoms with Gasteiger partial charge in [-0.05, 0) is 29.9 Å². The van der Waals surface area contributed by atoms with Crippen LogP contribution in [0.25, 0.3) is 5.65 Å². The SMILES string of the molecule is CC(C)c1cnn2c(NC3CNCc4ccccc43)nc(N3CCC(N)CC3)nc12. The van der Waals surface area contributed by atoms with E-state index in [9.17, 15) is 0 Å². The molecule has 1 atom stereocenters. The molecule has 2 aliphatic heterocycles. The van der Waals surface area contributed by atoms with Crippen LogP contribution in [0.5, 0.6) is 0 Å². The highest BCUT2D eigenvalue weighted by molar-refractivity contribution is 5.57. The molecule has 8 nitrogen and oxygen atoms in total. The minimum atomic E-state index is 0.127. The Morgan fingerprint density at radius 2 is 1.97 bits per heavy atom. The standard InChI is InChI=1S/C22H30N8/c1-14(2)18-12-25-30-20(18)27-21(29-9-7-16(23)8-10-29)28-22(30)26-19-13-24-11-15-5-3-4-6-17(15)19/h3-6,12,14,16,19,24H,7-11,13,23H2,1-2H3,(H,26,27,28). The lowest BCUT2D eigenvalue weighted by atomic mass is 9.97. The summed E-state index contributed by atoms with van der Waals surface area (Å²) in [5.41, 5.74) is 10.8. The Bertz CT molecular complexity index is 1030. The summed E-state index contributed by atoms with van der Waals surface area (Å²) in [6.07, 6.45) is 3.85. The average Bonchev–Trinajstić information content (AvgIpc) is 3.19. The molecule has 5 rings (SSSR count). The van der Waals surface area contributed by atoms with Gasteiger partial charge in [0.1, 0.15) is 0 Å². The highest BCUT2D eigenvalue weighted by atomic mass is 15.4. The van der Waals surface area contributed by atoms with Crippen molar-refractivity contribution in [2.24, 2.45) is 5.73 Å². The molecule has 1 aromatic carbocycles. The molecule has 0 spiro atoms. The molecule has 3 aromatic rings. The topological polar surface area (TPSA) is 96.4 Å². The first-order valence-corrected chi connectivity index (χ1v) is 10.9. The van der Waals surface area contributed by atoms with Gasteiger partial charge in [0.25, 0.3) is 0 Å². The van der Waals surface area contributed by atoms with E-state index < -0.39 is 0 Å². The second-order valence-corrected chi connectivity index (χ2v) is 8.69. The van der Waals surface area contributed by atoms with Crippen LogP contribution in [0.4, 0.5) is 11.9 Å². The molecule has 0 amide bonds. The van der Waals surface area contributed by atoms with Crippen molar-refractivity contribution in [3.05, 3.63) is 47.2 Å². The van der Waals surface area contributed by atoms with E-state index in [1.165, 1.54) is 11.1 Å². The van der Waals surface area contributed by atoms with Crippen LogP contribution in [-0.2, 0) is 6.54 Å². The van der Waals surface area contributed by atoms with Crippen molar-refractivity contribution in [2.75, 3.05) is 29.9 Å². The molecular formula is C22H30N8. The maximum Gasteiger partial charge on any atom is 0.230 e. The van der Waals surface area contributed by atoms with Crippen LogP contribution in [0, 0.1) is 0 Å². The summed E-state index contributed by atoms with van der Waals surface area (Å²) >= 11 is 0. The molecule has 0 radical (unpaired) electrons. The molecule has 2 aliphatic rings. The molecule has 1 unspecified atom stereocenters. The zero-order chi connectivity index (χ0) is 20.7. The van der Waals surface area contributed by atoms with Crippen LogP contribution in [0.3, 0.4) is 0 Å². The fourth-order valence-corrected chi connectivity index (χ4v) is 4.41. The highest BCUT2D eigenvalue weighted by Crippen LogP contribution is 2.28.